The van der Waals surface area contributed by atoms with Crippen LogP contribution in [-0.2, 0) is 6.42 Å². The summed E-state index contributed by atoms with van der Waals surface area (Å²) in [7, 11) is 0. The maximum absolute atomic E-state index is 11.4. The fraction of sp³-hybridized carbons (Fsp3) is 0.500. The molecule has 0 aliphatic heterocycles. The molecule has 1 amide bonds. The van der Waals surface area contributed by atoms with Crippen LogP contribution in [-0.4, -0.2) is 27.7 Å². The lowest BCUT2D eigenvalue weighted by molar-refractivity contribution is 0.0756. The van der Waals surface area contributed by atoms with Gasteiger partial charge < -0.3 is 10.0 Å². The zero-order chi connectivity index (χ0) is 13.9. The third kappa shape index (κ3) is 4.02. The minimum atomic E-state index is -0.868. The van der Waals surface area contributed by atoms with E-state index in [0.717, 1.165) is 16.5 Å². The van der Waals surface area contributed by atoms with E-state index in [-0.39, 0.29) is 11.6 Å². The van der Waals surface area contributed by atoms with Crippen LogP contribution in [0, 0.1) is 0 Å². The van der Waals surface area contributed by atoms with E-state index in [1.54, 1.807) is 0 Å². The van der Waals surface area contributed by atoms with Crippen molar-refractivity contribution in [3.8, 4) is 0 Å². The molecule has 0 saturated carbocycles. The van der Waals surface area contributed by atoms with E-state index in [9.17, 15) is 9.90 Å². The maximum Gasteiger partial charge on any atom is 0.407 e. The summed E-state index contributed by atoms with van der Waals surface area (Å²) >= 11 is 3.39. The average Bonchev–Trinajstić information content (AvgIpc) is 2.18. The fourth-order valence-electron chi connectivity index (χ4n) is 2.19. The summed E-state index contributed by atoms with van der Waals surface area (Å²) in [6, 6.07) is 7.93. The van der Waals surface area contributed by atoms with Crippen molar-refractivity contribution in [1.82, 2.24) is 4.90 Å². The number of carbonyl (C=O) groups is 1. The number of hydrogen-bond donors (Lipinski definition) is 1. The minimum absolute atomic E-state index is 0.0522. The van der Waals surface area contributed by atoms with Crippen LogP contribution in [0.3, 0.4) is 0 Å². The van der Waals surface area contributed by atoms with E-state index >= 15 is 0 Å². The fourth-order valence-corrected chi connectivity index (χ4v) is 2.45. The molecule has 0 saturated heterocycles. The molecule has 1 aromatic rings. The zero-order valence-corrected chi connectivity index (χ0v) is 12.9. The van der Waals surface area contributed by atoms with Crippen LogP contribution >= 0.6 is 15.9 Å². The molecule has 4 heteroatoms. The van der Waals surface area contributed by atoms with E-state index in [0.29, 0.717) is 0 Å². The molecule has 1 N–H and O–H groups in total. The van der Waals surface area contributed by atoms with Crippen molar-refractivity contribution < 1.29 is 9.90 Å². The van der Waals surface area contributed by atoms with E-state index in [1.807, 2.05) is 52.0 Å². The summed E-state index contributed by atoms with van der Waals surface area (Å²) in [5, 5.41) is 9.32. The predicted molar refractivity (Wildman–Crippen MR) is 76.9 cm³/mol. The highest BCUT2D eigenvalue weighted by Crippen LogP contribution is 2.20. The first kappa shape index (κ1) is 15.0. The molecule has 1 rings (SSSR count). The molecule has 0 aliphatic carbocycles. The second-order valence-electron chi connectivity index (χ2n) is 5.50. The standard InChI is InChI=1S/C14H20BrNO2/c1-10(16(13(17)18)14(2,3)4)9-11-5-7-12(15)8-6-11/h5-8,10H,9H2,1-4H3,(H,17,18). The van der Waals surface area contributed by atoms with Gasteiger partial charge in [0, 0.05) is 16.1 Å². The molecule has 0 heterocycles. The Morgan fingerprint density at radius 3 is 2.22 bits per heavy atom. The van der Waals surface area contributed by atoms with Gasteiger partial charge >= 0.3 is 6.09 Å². The van der Waals surface area contributed by atoms with Crippen molar-refractivity contribution in [3.63, 3.8) is 0 Å². The van der Waals surface area contributed by atoms with Crippen molar-refractivity contribution in [1.29, 1.82) is 0 Å². The van der Waals surface area contributed by atoms with Gasteiger partial charge in [-0.25, -0.2) is 4.79 Å². The van der Waals surface area contributed by atoms with Gasteiger partial charge in [-0.05, 0) is 51.8 Å². The Balaban J connectivity index is 2.82. The first-order valence-corrected chi connectivity index (χ1v) is 6.78. The SMILES string of the molecule is CC(Cc1ccc(Br)cc1)N(C(=O)O)C(C)(C)C. The van der Waals surface area contributed by atoms with Gasteiger partial charge in [0.25, 0.3) is 0 Å². The number of benzene rings is 1. The van der Waals surface area contributed by atoms with Crippen LogP contribution in [0.15, 0.2) is 28.7 Å². The van der Waals surface area contributed by atoms with Gasteiger partial charge in [-0.3, -0.25) is 0 Å². The first-order valence-electron chi connectivity index (χ1n) is 5.98. The Labute approximate surface area is 117 Å². The molecule has 1 aromatic carbocycles. The predicted octanol–water partition coefficient (Wildman–Crippen LogP) is 4.16. The van der Waals surface area contributed by atoms with Crippen molar-refractivity contribution in [2.75, 3.05) is 0 Å². The van der Waals surface area contributed by atoms with Gasteiger partial charge in [-0.2, -0.15) is 0 Å². The van der Waals surface area contributed by atoms with Crippen LogP contribution in [0.25, 0.3) is 0 Å². The number of amides is 1. The summed E-state index contributed by atoms with van der Waals surface area (Å²) in [6.45, 7) is 7.69. The van der Waals surface area contributed by atoms with Gasteiger partial charge in [-0.1, -0.05) is 28.1 Å². The van der Waals surface area contributed by atoms with Gasteiger partial charge in [0.1, 0.15) is 0 Å². The second-order valence-corrected chi connectivity index (χ2v) is 6.42. The van der Waals surface area contributed by atoms with Crippen LogP contribution in [0.2, 0.25) is 0 Å². The molecular weight excluding hydrogens is 294 g/mol. The van der Waals surface area contributed by atoms with Gasteiger partial charge in [0.2, 0.25) is 0 Å². The summed E-state index contributed by atoms with van der Waals surface area (Å²) in [5.74, 6) is 0. The Morgan fingerprint density at radius 2 is 1.83 bits per heavy atom. The van der Waals surface area contributed by atoms with Gasteiger partial charge in [0.05, 0.1) is 0 Å². The average molecular weight is 314 g/mol. The molecule has 100 valence electrons. The lowest BCUT2D eigenvalue weighted by Gasteiger charge is -2.38. The molecule has 1 unspecified atom stereocenters. The van der Waals surface area contributed by atoms with E-state index in [2.05, 4.69) is 15.9 Å². The Bertz CT molecular complexity index is 409. The monoisotopic (exact) mass is 313 g/mol. The molecule has 0 fully saturated rings. The number of nitrogens with zero attached hydrogens (tertiary/aromatic N) is 1. The first-order chi connectivity index (χ1) is 8.21. The van der Waals surface area contributed by atoms with Crippen LogP contribution < -0.4 is 0 Å². The molecule has 0 aromatic heterocycles. The normalized spacial score (nSPS) is 13.2. The molecular formula is C14H20BrNO2. The zero-order valence-electron chi connectivity index (χ0n) is 11.3. The molecule has 0 bridgehead atoms. The van der Waals surface area contributed by atoms with Crippen LogP contribution in [0.4, 0.5) is 4.79 Å². The van der Waals surface area contributed by atoms with E-state index < -0.39 is 6.09 Å². The van der Waals surface area contributed by atoms with E-state index in [4.69, 9.17) is 0 Å². The third-order valence-corrected chi connectivity index (χ3v) is 3.34. The molecule has 0 radical (unpaired) electrons. The lowest BCUT2D eigenvalue weighted by atomic mass is 10.00. The topological polar surface area (TPSA) is 40.5 Å². The van der Waals surface area contributed by atoms with Gasteiger partial charge in [0.15, 0.2) is 0 Å². The Kier molecular flexibility index (Phi) is 4.79. The minimum Gasteiger partial charge on any atom is -0.465 e. The summed E-state index contributed by atoms with van der Waals surface area (Å²) in [6.07, 6.45) is -0.149. The summed E-state index contributed by atoms with van der Waals surface area (Å²) in [5.41, 5.74) is 0.752. The van der Waals surface area contributed by atoms with Crippen LogP contribution in [0.1, 0.15) is 33.3 Å². The van der Waals surface area contributed by atoms with E-state index in [1.165, 1.54) is 4.90 Å². The van der Waals surface area contributed by atoms with Crippen molar-refractivity contribution in [2.24, 2.45) is 0 Å². The maximum atomic E-state index is 11.4. The Hall–Kier alpha value is -1.03. The highest BCUT2D eigenvalue weighted by molar-refractivity contribution is 9.10. The molecule has 0 aliphatic rings. The highest BCUT2D eigenvalue weighted by Gasteiger charge is 2.30. The smallest absolute Gasteiger partial charge is 0.407 e. The number of rotatable bonds is 3. The quantitative estimate of drug-likeness (QED) is 0.910. The number of halogens is 1. The molecule has 0 spiro atoms. The summed E-state index contributed by atoms with van der Waals surface area (Å²) in [4.78, 5) is 12.9. The van der Waals surface area contributed by atoms with Crippen molar-refractivity contribution in [3.05, 3.63) is 34.3 Å². The van der Waals surface area contributed by atoms with Gasteiger partial charge in [-0.15, -0.1) is 0 Å². The molecule has 3 nitrogen and oxygen atoms in total. The van der Waals surface area contributed by atoms with Crippen LogP contribution in [0.5, 0.6) is 0 Å². The summed E-state index contributed by atoms with van der Waals surface area (Å²) < 4.78 is 1.03. The largest absolute Gasteiger partial charge is 0.465 e. The van der Waals surface area contributed by atoms with Crippen molar-refractivity contribution in [2.45, 2.75) is 45.7 Å². The Morgan fingerprint density at radius 1 is 1.33 bits per heavy atom. The highest BCUT2D eigenvalue weighted by atomic mass is 79.9. The second kappa shape index (κ2) is 5.74. The number of carboxylic acid groups (broad SMARTS) is 1. The van der Waals surface area contributed by atoms with Crippen molar-refractivity contribution >= 4 is 22.0 Å². The third-order valence-electron chi connectivity index (χ3n) is 2.81. The molecule has 1 atom stereocenters. The lowest BCUT2D eigenvalue weighted by Crippen LogP contribution is -2.50. The molecule has 18 heavy (non-hydrogen) atoms. The number of hydrogen-bond acceptors (Lipinski definition) is 1.